The lowest BCUT2D eigenvalue weighted by atomic mass is 10.0. The van der Waals surface area contributed by atoms with Crippen LogP contribution >= 0.6 is 15.9 Å². The zero-order chi connectivity index (χ0) is 13.4. The van der Waals surface area contributed by atoms with Gasteiger partial charge < -0.3 is 5.73 Å². The van der Waals surface area contributed by atoms with Crippen LogP contribution in [-0.2, 0) is 6.42 Å². The molecule has 1 rings (SSSR count). The summed E-state index contributed by atoms with van der Waals surface area (Å²) in [5.74, 6) is -0.161. The Bertz CT molecular complexity index is 354. The first kappa shape index (κ1) is 15.6. The Labute approximate surface area is 118 Å². The zero-order valence-corrected chi connectivity index (χ0v) is 12.7. The van der Waals surface area contributed by atoms with E-state index in [1.807, 2.05) is 12.1 Å². The van der Waals surface area contributed by atoms with E-state index in [4.69, 9.17) is 5.73 Å². The van der Waals surface area contributed by atoms with Gasteiger partial charge in [0.25, 0.3) is 0 Å². The molecule has 0 fully saturated rings. The van der Waals surface area contributed by atoms with Crippen LogP contribution in [0.1, 0.15) is 51.0 Å². The van der Waals surface area contributed by atoms with Crippen molar-refractivity contribution in [1.29, 1.82) is 0 Å². The predicted octanol–water partition coefficient (Wildman–Crippen LogP) is 4.82. The van der Waals surface area contributed by atoms with Gasteiger partial charge in [-0.15, -0.1) is 0 Å². The molecule has 0 aliphatic rings. The zero-order valence-electron chi connectivity index (χ0n) is 11.1. The summed E-state index contributed by atoms with van der Waals surface area (Å²) in [6, 6.07) is 5.26. The summed E-state index contributed by atoms with van der Waals surface area (Å²) in [6.45, 7) is 2.21. The number of hydrogen-bond acceptors (Lipinski definition) is 1. The summed E-state index contributed by atoms with van der Waals surface area (Å²) in [5.41, 5.74) is 6.77. The molecule has 1 unspecified atom stereocenters. The van der Waals surface area contributed by atoms with Gasteiger partial charge in [-0.3, -0.25) is 0 Å². The molecule has 0 bridgehead atoms. The molecule has 0 spiro atoms. The summed E-state index contributed by atoms with van der Waals surface area (Å²) in [5, 5.41) is 0. The fraction of sp³-hybridized carbons (Fsp3) is 0.600. The minimum atomic E-state index is -0.161. The van der Waals surface area contributed by atoms with Crippen molar-refractivity contribution in [3.63, 3.8) is 0 Å². The standard InChI is InChI=1S/C15H23BrFN/c1-2-3-4-5-6-7-14(18)10-12-8-9-13(16)11-15(12)17/h8-9,11,14H,2-7,10,18H2,1H3. The highest BCUT2D eigenvalue weighted by atomic mass is 79.9. The highest BCUT2D eigenvalue weighted by Gasteiger charge is 2.08. The molecule has 0 saturated carbocycles. The van der Waals surface area contributed by atoms with Crippen molar-refractivity contribution in [2.45, 2.75) is 57.9 Å². The molecule has 0 radical (unpaired) electrons. The van der Waals surface area contributed by atoms with Crippen LogP contribution in [0.2, 0.25) is 0 Å². The second-order valence-corrected chi connectivity index (χ2v) is 5.82. The third-order valence-corrected chi connectivity index (χ3v) is 3.67. The highest BCUT2D eigenvalue weighted by Crippen LogP contribution is 2.17. The molecule has 1 aromatic rings. The molecule has 0 aliphatic carbocycles. The lowest BCUT2D eigenvalue weighted by Gasteiger charge is -2.12. The Morgan fingerprint density at radius 3 is 2.61 bits per heavy atom. The largest absolute Gasteiger partial charge is 0.327 e. The molecule has 1 atom stereocenters. The van der Waals surface area contributed by atoms with Gasteiger partial charge in [-0.1, -0.05) is 61.0 Å². The predicted molar refractivity (Wildman–Crippen MR) is 79.2 cm³/mol. The lowest BCUT2D eigenvalue weighted by Crippen LogP contribution is -2.23. The van der Waals surface area contributed by atoms with Crippen molar-refractivity contribution in [3.8, 4) is 0 Å². The fourth-order valence-corrected chi connectivity index (χ4v) is 2.41. The number of rotatable bonds is 8. The van der Waals surface area contributed by atoms with Gasteiger partial charge in [0.15, 0.2) is 0 Å². The lowest BCUT2D eigenvalue weighted by molar-refractivity contribution is 0.525. The summed E-state index contributed by atoms with van der Waals surface area (Å²) < 4.78 is 14.4. The molecular weight excluding hydrogens is 293 g/mol. The van der Waals surface area contributed by atoms with Crippen LogP contribution < -0.4 is 5.73 Å². The Morgan fingerprint density at radius 2 is 1.94 bits per heavy atom. The summed E-state index contributed by atoms with van der Waals surface area (Å²) >= 11 is 3.26. The average Bonchev–Trinajstić information content (AvgIpc) is 2.32. The molecule has 0 aromatic heterocycles. The number of halogens is 2. The van der Waals surface area contributed by atoms with Crippen LogP contribution in [0.4, 0.5) is 4.39 Å². The van der Waals surface area contributed by atoms with Gasteiger partial charge in [0.05, 0.1) is 0 Å². The fourth-order valence-electron chi connectivity index (χ4n) is 2.08. The molecule has 0 saturated heterocycles. The number of benzene rings is 1. The molecule has 0 heterocycles. The second-order valence-electron chi connectivity index (χ2n) is 4.90. The van der Waals surface area contributed by atoms with Crippen LogP contribution in [0.3, 0.4) is 0 Å². The molecule has 1 aromatic carbocycles. The number of unbranched alkanes of at least 4 members (excludes halogenated alkanes) is 4. The van der Waals surface area contributed by atoms with E-state index in [2.05, 4.69) is 22.9 Å². The van der Waals surface area contributed by atoms with E-state index in [9.17, 15) is 4.39 Å². The van der Waals surface area contributed by atoms with Crippen LogP contribution in [-0.4, -0.2) is 6.04 Å². The van der Waals surface area contributed by atoms with E-state index in [0.29, 0.717) is 6.42 Å². The van der Waals surface area contributed by atoms with Gasteiger partial charge >= 0.3 is 0 Å². The molecule has 0 amide bonds. The maximum absolute atomic E-state index is 13.6. The maximum Gasteiger partial charge on any atom is 0.127 e. The van der Waals surface area contributed by atoms with Gasteiger partial charge in [-0.25, -0.2) is 4.39 Å². The Kier molecular flexibility index (Phi) is 7.52. The van der Waals surface area contributed by atoms with Crippen LogP contribution in [0, 0.1) is 5.82 Å². The van der Waals surface area contributed by atoms with Crippen molar-refractivity contribution >= 4 is 15.9 Å². The van der Waals surface area contributed by atoms with Crippen LogP contribution in [0.5, 0.6) is 0 Å². The first-order valence-corrected chi connectivity index (χ1v) is 7.62. The van der Waals surface area contributed by atoms with E-state index in [-0.39, 0.29) is 11.9 Å². The Balaban J connectivity index is 2.28. The van der Waals surface area contributed by atoms with E-state index in [1.54, 1.807) is 0 Å². The first-order chi connectivity index (χ1) is 8.63. The number of nitrogens with two attached hydrogens (primary N) is 1. The van der Waals surface area contributed by atoms with Crippen LogP contribution in [0.15, 0.2) is 22.7 Å². The van der Waals surface area contributed by atoms with Gasteiger partial charge in [0.2, 0.25) is 0 Å². The van der Waals surface area contributed by atoms with E-state index < -0.39 is 0 Å². The van der Waals surface area contributed by atoms with Crippen molar-refractivity contribution in [2.24, 2.45) is 5.73 Å². The SMILES string of the molecule is CCCCCCCC(N)Cc1ccc(Br)cc1F. The Morgan fingerprint density at radius 1 is 1.22 bits per heavy atom. The molecule has 3 heteroatoms. The van der Waals surface area contributed by atoms with E-state index >= 15 is 0 Å². The third kappa shape index (κ3) is 5.96. The minimum absolute atomic E-state index is 0.0716. The van der Waals surface area contributed by atoms with E-state index in [1.165, 1.54) is 31.7 Å². The summed E-state index contributed by atoms with van der Waals surface area (Å²) in [7, 11) is 0. The second kappa shape index (κ2) is 8.65. The summed E-state index contributed by atoms with van der Waals surface area (Å²) in [4.78, 5) is 0. The maximum atomic E-state index is 13.6. The molecule has 18 heavy (non-hydrogen) atoms. The smallest absolute Gasteiger partial charge is 0.127 e. The molecular formula is C15H23BrFN. The van der Waals surface area contributed by atoms with Crippen molar-refractivity contribution < 1.29 is 4.39 Å². The molecule has 2 N–H and O–H groups in total. The molecule has 1 nitrogen and oxygen atoms in total. The molecule has 0 aliphatic heterocycles. The van der Waals surface area contributed by atoms with Crippen molar-refractivity contribution in [3.05, 3.63) is 34.1 Å². The minimum Gasteiger partial charge on any atom is -0.327 e. The van der Waals surface area contributed by atoms with Crippen molar-refractivity contribution in [1.82, 2.24) is 0 Å². The number of hydrogen-bond donors (Lipinski definition) is 1. The van der Waals surface area contributed by atoms with Gasteiger partial charge in [0.1, 0.15) is 5.82 Å². The highest BCUT2D eigenvalue weighted by molar-refractivity contribution is 9.10. The summed E-state index contributed by atoms with van der Waals surface area (Å²) in [6.07, 6.45) is 7.86. The topological polar surface area (TPSA) is 26.0 Å². The Hall–Kier alpha value is -0.410. The first-order valence-electron chi connectivity index (χ1n) is 6.83. The van der Waals surface area contributed by atoms with Gasteiger partial charge in [-0.2, -0.15) is 0 Å². The van der Waals surface area contributed by atoms with Crippen LogP contribution in [0.25, 0.3) is 0 Å². The molecule has 102 valence electrons. The average molecular weight is 316 g/mol. The quantitative estimate of drug-likeness (QED) is 0.684. The van der Waals surface area contributed by atoms with Crippen molar-refractivity contribution in [2.75, 3.05) is 0 Å². The monoisotopic (exact) mass is 315 g/mol. The van der Waals surface area contributed by atoms with Gasteiger partial charge in [-0.05, 0) is 30.5 Å². The normalized spacial score (nSPS) is 12.7. The van der Waals surface area contributed by atoms with E-state index in [0.717, 1.165) is 22.9 Å². The van der Waals surface area contributed by atoms with Gasteiger partial charge in [0, 0.05) is 10.5 Å². The third-order valence-electron chi connectivity index (χ3n) is 3.18.